The number of piperidine rings is 1. The molecular formula is C17H25Cl2N3OS. The summed E-state index contributed by atoms with van der Waals surface area (Å²) < 4.78 is 1.23. The summed E-state index contributed by atoms with van der Waals surface area (Å²) in [5, 5.41) is 7.67. The minimum absolute atomic E-state index is 0. The zero-order chi connectivity index (χ0) is 15.4. The molecule has 1 aliphatic heterocycles. The molecule has 24 heavy (non-hydrogen) atoms. The Morgan fingerprint density at radius 1 is 1.38 bits per heavy atom. The third-order valence-electron chi connectivity index (χ3n) is 4.26. The minimum atomic E-state index is 0. The number of fused-ring (bicyclic) bond motifs is 1. The molecule has 1 saturated heterocycles. The van der Waals surface area contributed by atoms with Crippen LogP contribution < -0.4 is 10.6 Å². The summed E-state index contributed by atoms with van der Waals surface area (Å²) in [4.78, 5) is 16.7. The number of carbonyl (C=O) groups is 1. The van der Waals surface area contributed by atoms with E-state index < -0.39 is 0 Å². The summed E-state index contributed by atoms with van der Waals surface area (Å²) in [7, 11) is 0. The first-order valence-corrected chi connectivity index (χ1v) is 8.88. The van der Waals surface area contributed by atoms with Gasteiger partial charge in [-0.3, -0.25) is 4.79 Å². The minimum Gasteiger partial charge on any atom is -0.353 e. The second kappa shape index (κ2) is 10.2. The van der Waals surface area contributed by atoms with Gasteiger partial charge in [-0.1, -0.05) is 19.1 Å². The molecule has 4 nitrogen and oxygen atoms in total. The van der Waals surface area contributed by atoms with E-state index in [-0.39, 0.29) is 30.7 Å². The van der Waals surface area contributed by atoms with Crippen LogP contribution in [0.2, 0.25) is 0 Å². The van der Waals surface area contributed by atoms with Crippen molar-refractivity contribution < 1.29 is 4.79 Å². The number of halogens is 2. The van der Waals surface area contributed by atoms with Crippen molar-refractivity contribution in [2.45, 2.75) is 38.6 Å². The van der Waals surface area contributed by atoms with E-state index in [4.69, 9.17) is 0 Å². The van der Waals surface area contributed by atoms with E-state index in [1.54, 1.807) is 11.3 Å². The molecule has 2 N–H and O–H groups in total. The van der Waals surface area contributed by atoms with Crippen LogP contribution in [-0.4, -0.2) is 30.0 Å². The van der Waals surface area contributed by atoms with Crippen LogP contribution in [0.25, 0.3) is 10.2 Å². The van der Waals surface area contributed by atoms with Gasteiger partial charge in [0.15, 0.2) is 0 Å². The number of aryl methyl sites for hydroxylation is 1. The Morgan fingerprint density at radius 3 is 2.92 bits per heavy atom. The average molecular weight is 390 g/mol. The zero-order valence-corrected chi connectivity index (χ0v) is 16.2. The molecule has 2 unspecified atom stereocenters. The molecule has 1 aromatic heterocycles. The van der Waals surface area contributed by atoms with Gasteiger partial charge in [0.2, 0.25) is 5.91 Å². The quantitative estimate of drug-likeness (QED) is 0.821. The molecule has 1 aliphatic rings. The van der Waals surface area contributed by atoms with Gasteiger partial charge >= 0.3 is 0 Å². The van der Waals surface area contributed by atoms with Crippen molar-refractivity contribution >= 4 is 52.3 Å². The fraction of sp³-hybridized carbons (Fsp3) is 0.529. The standard InChI is InChI=1S/C17H23N3OS.2ClH/c1-12-11-18-10-9-13(12)19-16(21)7-4-8-17-20-14-5-2-3-6-15(14)22-17;;/h2-3,5-6,12-13,18H,4,7-11H2,1H3,(H,19,21);2*1H. The molecule has 2 atom stereocenters. The van der Waals surface area contributed by atoms with Gasteiger partial charge in [0, 0.05) is 12.5 Å². The first kappa shape index (κ1) is 21.2. The van der Waals surface area contributed by atoms with Crippen molar-refractivity contribution in [2.75, 3.05) is 13.1 Å². The first-order chi connectivity index (χ1) is 10.7. The monoisotopic (exact) mass is 389 g/mol. The molecule has 134 valence electrons. The van der Waals surface area contributed by atoms with Gasteiger partial charge < -0.3 is 10.6 Å². The second-order valence-corrected chi connectivity index (χ2v) is 7.19. The van der Waals surface area contributed by atoms with Gasteiger partial charge in [-0.2, -0.15) is 0 Å². The highest BCUT2D eigenvalue weighted by atomic mass is 35.5. The maximum absolute atomic E-state index is 12.1. The Morgan fingerprint density at radius 2 is 2.17 bits per heavy atom. The van der Waals surface area contributed by atoms with Crippen molar-refractivity contribution in [2.24, 2.45) is 5.92 Å². The molecule has 0 bridgehead atoms. The molecular weight excluding hydrogens is 365 g/mol. The largest absolute Gasteiger partial charge is 0.353 e. The summed E-state index contributed by atoms with van der Waals surface area (Å²) >= 11 is 1.73. The van der Waals surface area contributed by atoms with Gasteiger partial charge in [0.1, 0.15) is 0 Å². The smallest absolute Gasteiger partial charge is 0.220 e. The van der Waals surface area contributed by atoms with Crippen LogP contribution in [0.5, 0.6) is 0 Å². The van der Waals surface area contributed by atoms with Crippen molar-refractivity contribution in [3.05, 3.63) is 29.3 Å². The van der Waals surface area contributed by atoms with Crippen LogP contribution in [0.1, 0.15) is 31.2 Å². The van der Waals surface area contributed by atoms with Gasteiger partial charge in [-0.15, -0.1) is 36.2 Å². The number of nitrogens with one attached hydrogen (secondary N) is 2. The van der Waals surface area contributed by atoms with Crippen LogP contribution in [-0.2, 0) is 11.2 Å². The zero-order valence-electron chi connectivity index (χ0n) is 13.8. The summed E-state index contributed by atoms with van der Waals surface area (Å²) in [5.41, 5.74) is 1.07. The first-order valence-electron chi connectivity index (χ1n) is 8.07. The highest BCUT2D eigenvalue weighted by molar-refractivity contribution is 7.18. The third-order valence-corrected chi connectivity index (χ3v) is 5.36. The lowest BCUT2D eigenvalue weighted by atomic mass is 9.95. The van der Waals surface area contributed by atoms with Gasteiger partial charge in [0.25, 0.3) is 0 Å². The number of para-hydroxylation sites is 1. The number of hydrogen-bond donors (Lipinski definition) is 2. The molecule has 0 aliphatic carbocycles. The van der Waals surface area contributed by atoms with Gasteiger partial charge in [-0.05, 0) is 50.4 Å². The van der Waals surface area contributed by atoms with Crippen molar-refractivity contribution in [1.82, 2.24) is 15.6 Å². The number of benzene rings is 1. The van der Waals surface area contributed by atoms with Crippen LogP contribution >= 0.6 is 36.2 Å². The van der Waals surface area contributed by atoms with Crippen LogP contribution in [0, 0.1) is 5.92 Å². The molecule has 1 fully saturated rings. The molecule has 0 spiro atoms. The maximum Gasteiger partial charge on any atom is 0.220 e. The Hall–Kier alpha value is -0.880. The van der Waals surface area contributed by atoms with E-state index in [2.05, 4.69) is 28.6 Å². The van der Waals surface area contributed by atoms with E-state index in [0.717, 1.165) is 42.9 Å². The molecule has 0 saturated carbocycles. The predicted molar refractivity (Wildman–Crippen MR) is 106 cm³/mol. The van der Waals surface area contributed by atoms with E-state index in [9.17, 15) is 4.79 Å². The molecule has 1 aromatic carbocycles. The number of thiazole rings is 1. The number of carbonyl (C=O) groups excluding carboxylic acids is 1. The van der Waals surface area contributed by atoms with Crippen LogP contribution in [0.4, 0.5) is 0 Å². The fourth-order valence-electron chi connectivity index (χ4n) is 2.93. The highest BCUT2D eigenvalue weighted by Crippen LogP contribution is 2.22. The third kappa shape index (κ3) is 5.59. The second-order valence-electron chi connectivity index (χ2n) is 6.07. The number of aromatic nitrogens is 1. The van der Waals surface area contributed by atoms with Crippen molar-refractivity contribution in [3.63, 3.8) is 0 Å². The van der Waals surface area contributed by atoms with Crippen LogP contribution in [0.3, 0.4) is 0 Å². The summed E-state index contributed by atoms with van der Waals surface area (Å²) in [6.07, 6.45) is 3.37. The van der Waals surface area contributed by atoms with E-state index in [1.807, 2.05) is 18.2 Å². The van der Waals surface area contributed by atoms with E-state index in [0.29, 0.717) is 18.4 Å². The molecule has 2 heterocycles. The molecule has 0 radical (unpaired) electrons. The summed E-state index contributed by atoms with van der Waals surface area (Å²) in [6, 6.07) is 8.52. The molecule has 1 amide bonds. The SMILES string of the molecule is CC1CNCCC1NC(=O)CCCc1nc2ccccc2s1.Cl.Cl. The maximum atomic E-state index is 12.1. The van der Waals surface area contributed by atoms with Crippen molar-refractivity contribution in [1.29, 1.82) is 0 Å². The topological polar surface area (TPSA) is 54.0 Å². The van der Waals surface area contributed by atoms with Gasteiger partial charge in [-0.25, -0.2) is 4.98 Å². The van der Waals surface area contributed by atoms with E-state index >= 15 is 0 Å². The lowest BCUT2D eigenvalue weighted by Crippen LogP contribution is -2.48. The van der Waals surface area contributed by atoms with E-state index in [1.165, 1.54) is 4.70 Å². The number of nitrogens with zero attached hydrogens (tertiary/aromatic N) is 1. The predicted octanol–water partition coefficient (Wildman–Crippen LogP) is 3.58. The summed E-state index contributed by atoms with van der Waals surface area (Å²) in [5.74, 6) is 0.696. The summed E-state index contributed by atoms with van der Waals surface area (Å²) in [6.45, 7) is 4.19. The lowest BCUT2D eigenvalue weighted by molar-refractivity contribution is -0.122. The van der Waals surface area contributed by atoms with Crippen LogP contribution in [0.15, 0.2) is 24.3 Å². The normalized spacial score (nSPS) is 20.0. The number of hydrogen-bond acceptors (Lipinski definition) is 4. The Kier molecular flexibility index (Phi) is 8.98. The lowest BCUT2D eigenvalue weighted by Gasteiger charge is -2.30. The highest BCUT2D eigenvalue weighted by Gasteiger charge is 2.22. The Bertz CT molecular complexity index is 617. The van der Waals surface area contributed by atoms with Gasteiger partial charge in [0.05, 0.1) is 15.2 Å². The fourth-order valence-corrected chi connectivity index (χ4v) is 3.94. The molecule has 3 rings (SSSR count). The molecule has 7 heteroatoms. The Labute approximate surface area is 159 Å². The number of rotatable bonds is 5. The average Bonchev–Trinajstić information content (AvgIpc) is 2.92. The molecule has 2 aromatic rings. The number of amides is 1. The Balaban J connectivity index is 0.00000144. The van der Waals surface area contributed by atoms with Crippen molar-refractivity contribution in [3.8, 4) is 0 Å².